The average molecular weight is 635 g/mol. The highest BCUT2D eigenvalue weighted by molar-refractivity contribution is 7.92. The van der Waals surface area contributed by atoms with Gasteiger partial charge in [0.1, 0.15) is 18.4 Å². The molecule has 7 nitrogen and oxygen atoms in total. The molecular formula is C31H34Cl2FN3O4S. The molecule has 0 unspecified atom stereocenters. The zero-order chi connectivity index (χ0) is 30.4. The van der Waals surface area contributed by atoms with Crippen molar-refractivity contribution in [3.05, 3.63) is 93.7 Å². The summed E-state index contributed by atoms with van der Waals surface area (Å²) < 4.78 is 42.4. The second-order valence-electron chi connectivity index (χ2n) is 10.4. The van der Waals surface area contributed by atoms with E-state index in [1.54, 1.807) is 49.4 Å². The van der Waals surface area contributed by atoms with Crippen molar-refractivity contribution >= 4 is 50.7 Å². The van der Waals surface area contributed by atoms with Gasteiger partial charge in [0.25, 0.3) is 10.0 Å². The number of aryl methyl sites for hydroxylation is 1. The van der Waals surface area contributed by atoms with Crippen molar-refractivity contribution < 1.29 is 22.4 Å². The summed E-state index contributed by atoms with van der Waals surface area (Å²) >= 11 is 12.9. The Morgan fingerprint density at radius 3 is 2.14 bits per heavy atom. The summed E-state index contributed by atoms with van der Waals surface area (Å²) in [7, 11) is -4.31. The molecule has 0 spiro atoms. The van der Waals surface area contributed by atoms with Gasteiger partial charge in [0, 0.05) is 28.2 Å². The number of anilines is 1. The predicted molar refractivity (Wildman–Crippen MR) is 164 cm³/mol. The molecule has 0 heterocycles. The van der Waals surface area contributed by atoms with E-state index in [4.69, 9.17) is 23.2 Å². The molecule has 42 heavy (non-hydrogen) atoms. The number of rotatable bonds is 11. The predicted octanol–water partition coefficient (Wildman–Crippen LogP) is 6.50. The fourth-order valence-corrected chi connectivity index (χ4v) is 7.05. The summed E-state index contributed by atoms with van der Waals surface area (Å²) in [6.45, 7) is 2.93. The van der Waals surface area contributed by atoms with Crippen LogP contribution in [0.5, 0.6) is 0 Å². The maximum atomic E-state index is 14.2. The lowest BCUT2D eigenvalue weighted by atomic mass is 10.1. The largest absolute Gasteiger partial charge is 0.352 e. The van der Waals surface area contributed by atoms with E-state index in [0.717, 1.165) is 59.8 Å². The van der Waals surface area contributed by atoms with Crippen LogP contribution in [0.25, 0.3) is 0 Å². The number of hydrogen-bond donors (Lipinski definition) is 1. The van der Waals surface area contributed by atoms with Crippen LogP contribution in [0.3, 0.4) is 0 Å². The normalized spacial score (nSPS) is 14.4. The molecule has 0 aromatic heterocycles. The van der Waals surface area contributed by atoms with Gasteiger partial charge in [0.2, 0.25) is 11.8 Å². The summed E-state index contributed by atoms with van der Waals surface area (Å²) in [4.78, 5) is 28.9. The highest BCUT2D eigenvalue weighted by atomic mass is 35.5. The Morgan fingerprint density at radius 2 is 1.57 bits per heavy atom. The Kier molecular flexibility index (Phi) is 10.5. The van der Waals surface area contributed by atoms with Gasteiger partial charge in [0.05, 0.1) is 10.6 Å². The van der Waals surface area contributed by atoms with Crippen LogP contribution < -0.4 is 9.62 Å². The summed E-state index contributed by atoms with van der Waals surface area (Å²) in [5.41, 5.74) is 1.59. The van der Waals surface area contributed by atoms with Crippen molar-refractivity contribution in [2.75, 3.05) is 10.8 Å². The van der Waals surface area contributed by atoms with Gasteiger partial charge in [-0.05, 0) is 74.7 Å². The molecule has 0 radical (unpaired) electrons. The van der Waals surface area contributed by atoms with E-state index in [0.29, 0.717) is 15.6 Å². The second-order valence-corrected chi connectivity index (χ2v) is 13.1. The van der Waals surface area contributed by atoms with Crippen LogP contribution in [0.2, 0.25) is 10.0 Å². The van der Waals surface area contributed by atoms with Gasteiger partial charge >= 0.3 is 0 Å². The Balaban J connectivity index is 1.74. The number of benzene rings is 3. The lowest BCUT2D eigenvalue weighted by molar-refractivity contribution is -0.140. The summed E-state index contributed by atoms with van der Waals surface area (Å²) in [6, 6.07) is 15.2. The molecule has 224 valence electrons. The molecule has 1 aliphatic rings. The lowest BCUT2D eigenvalue weighted by Gasteiger charge is -2.34. The summed E-state index contributed by atoms with van der Waals surface area (Å²) in [5.74, 6) is -1.52. The van der Waals surface area contributed by atoms with E-state index in [1.165, 1.54) is 4.90 Å². The smallest absolute Gasteiger partial charge is 0.264 e. The lowest BCUT2D eigenvalue weighted by Crippen LogP contribution is -2.53. The van der Waals surface area contributed by atoms with Crippen molar-refractivity contribution in [2.24, 2.45) is 0 Å². The number of carbonyl (C=O) groups is 2. The van der Waals surface area contributed by atoms with Gasteiger partial charge in [-0.1, -0.05) is 66.7 Å². The zero-order valence-corrected chi connectivity index (χ0v) is 25.9. The van der Waals surface area contributed by atoms with E-state index >= 15 is 0 Å². The molecule has 11 heteroatoms. The van der Waals surface area contributed by atoms with Gasteiger partial charge < -0.3 is 10.2 Å². The molecule has 4 rings (SSSR count). The first kappa shape index (κ1) is 31.8. The first-order valence-electron chi connectivity index (χ1n) is 13.9. The van der Waals surface area contributed by atoms with Gasteiger partial charge in [-0.25, -0.2) is 12.8 Å². The monoisotopic (exact) mass is 633 g/mol. The number of sulfonamides is 1. The van der Waals surface area contributed by atoms with Gasteiger partial charge in [-0.3, -0.25) is 13.9 Å². The number of amides is 2. The standard InChI is InChI=1S/C31H34Cl2FN3O4S/c1-3-29(31(39)35-23-7-4-5-8-23)36(19-26-27(32)9-6-10-28(26)33)30(38)20-37(24-15-11-21(2)12-16-24)42(40,41)25-17-13-22(34)14-18-25/h6,9-18,23,29H,3-5,7-8,19-20H2,1-2H3,(H,35,39)/t29-/m1/s1. The van der Waals surface area contributed by atoms with Crippen molar-refractivity contribution in [2.45, 2.75) is 69.5 Å². The molecule has 1 N–H and O–H groups in total. The topological polar surface area (TPSA) is 86.8 Å². The van der Waals surface area contributed by atoms with Crippen LogP contribution in [0.15, 0.2) is 71.6 Å². The molecule has 2 amide bonds. The van der Waals surface area contributed by atoms with Crippen LogP contribution in [-0.2, 0) is 26.2 Å². The third-order valence-corrected chi connectivity index (χ3v) is 9.98. The molecule has 0 bridgehead atoms. The molecule has 0 saturated heterocycles. The Hall–Kier alpha value is -3.14. The number of nitrogens with one attached hydrogen (secondary N) is 1. The Bertz CT molecular complexity index is 1490. The third-order valence-electron chi connectivity index (χ3n) is 7.48. The minimum absolute atomic E-state index is 0.0234. The minimum Gasteiger partial charge on any atom is -0.352 e. The number of halogens is 3. The number of carbonyl (C=O) groups excluding carboxylic acids is 2. The molecule has 3 aromatic carbocycles. The fraction of sp³-hybridized carbons (Fsp3) is 0.355. The highest BCUT2D eigenvalue weighted by Gasteiger charge is 2.35. The molecular weight excluding hydrogens is 600 g/mol. The highest BCUT2D eigenvalue weighted by Crippen LogP contribution is 2.29. The van der Waals surface area contributed by atoms with Crippen molar-refractivity contribution in [1.29, 1.82) is 0 Å². The van der Waals surface area contributed by atoms with Crippen LogP contribution in [0.4, 0.5) is 10.1 Å². The van der Waals surface area contributed by atoms with Crippen molar-refractivity contribution in [3.8, 4) is 0 Å². The van der Waals surface area contributed by atoms with Crippen molar-refractivity contribution in [1.82, 2.24) is 10.2 Å². The van der Waals surface area contributed by atoms with Crippen LogP contribution >= 0.6 is 23.2 Å². The summed E-state index contributed by atoms with van der Waals surface area (Å²) in [6.07, 6.45) is 4.05. The van der Waals surface area contributed by atoms with Gasteiger partial charge in [-0.15, -0.1) is 0 Å². The zero-order valence-electron chi connectivity index (χ0n) is 23.5. The first-order chi connectivity index (χ1) is 20.0. The molecule has 1 saturated carbocycles. The van der Waals surface area contributed by atoms with E-state index in [2.05, 4.69) is 5.32 Å². The van der Waals surface area contributed by atoms with E-state index in [9.17, 15) is 22.4 Å². The maximum Gasteiger partial charge on any atom is 0.264 e. The Morgan fingerprint density at radius 1 is 0.976 bits per heavy atom. The third kappa shape index (κ3) is 7.43. The fourth-order valence-electron chi connectivity index (χ4n) is 5.11. The SMILES string of the molecule is CC[C@H](C(=O)NC1CCCC1)N(Cc1c(Cl)cccc1Cl)C(=O)CN(c1ccc(C)cc1)S(=O)(=O)c1ccc(F)cc1. The van der Waals surface area contributed by atoms with Crippen LogP contribution in [0, 0.1) is 12.7 Å². The first-order valence-corrected chi connectivity index (χ1v) is 16.1. The van der Waals surface area contributed by atoms with Crippen LogP contribution in [-0.4, -0.2) is 43.8 Å². The Labute approximate surface area is 256 Å². The molecule has 1 fully saturated rings. The molecule has 3 aromatic rings. The van der Waals surface area contributed by atoms with E-state index < -0.39 is 34.3 Å². The minimum atomic E-state index is -4.31. The molecule has 1 aliphatic carbocycles. The quantitative estimate of drug-likeness (QED) is 0.261. The summed E-state index contributed by atoms with van der Waals surface area (Å²) in [5, 5.41) is 3.71. The van der Waals surface area contributed by atoms with Gasteiger partial charge in [0.15, 0.2) is 0 Å². The van der Waals surface area contributed by atoms with Crippen molar-refractivity contribution in [3.63, 3.8) is 0 Å². The van der Waals surface area contributed by atoms with E-state index in [1.807, 2.05) is 6.92 Å². The number of nitrogens with zero attached hydrogens (tertiary/aromatic N) is 2. The van der Waals surface area contributed by atoms with Crippen LogP contribution in [0.1, 0.15) is 50.2 Å². The molecule has 1 atom stereocenters. The molecule has 0 aliphatic heterocycles. The average Bonchev–Trinajstić information content (AvgIpc) is 3.47. The van der Waals surface area contributed by atoms with Gasteiger partial charge in [-0.2, -0.15) is 0 Å². The maximum absolute atomic E-state index is 14.2. The van der Waals surface area contributed by atoms with E-state index in [-0.39, 0.29) is 35.5 Å². The number of hydrogen-bond acceptors (Lipinski definition) is 4. The second kappa shape index (κ2) is 13.9.